The van der Waals surface area contributed by atoms with Gasteiger partial charge in [0.15, 0.2) is 0 Å². The Bertz CT molecular complexity index is 296. The van der Waals surface area contributed by atoms with Crippen LogP contribution in [0.25, 0.3) is 0 Å². The first kappa shape index (κ1) is 10.6. The van der Waals surface area contributed by atoms with E-state index in [0.717, 1.165) is 19.3 Å². The molecule has 2 aliphatic carbocycles. The van der Waals surface area contributed by atoms with Crippen molar-refractivity contribution in [2.24, 2.45) is 17.3 Å². The summed E-state index contributed by atoms with van der Waals surface area (Å²) < 4.78 is 0. The van der Waals surface area contributed by atoms with E-state index in [9.17, 15) is 9.59 Å². The van der Waals surface area contributed by atoms with E-state index in [0.29, 0.717) is 5.41 Å². The molecule has 0 aliphatic heterocycles. The van der Waals surface area contributed by atoms with Gasteiger partial charge in [-0.3, -0.25) is 14.8 Å². The molecule has 4 heteroatoms. The van der Waals surface area contributed by atoms with Gasteiger partial charge in [-0.2, -0.15) is 0 Å². The Labute approximate surface area is 89.0 Å². The highest BCUT2D eigenvalue weighted by atomic mass is 16.5. The number of rotatable bonds is 2. The Kier molecular flexibility index (Phi) is 2.54. The van der Waals surface area contributed by atoms with E-state index >= 15 is 0 Å². The molecule has 2 saturated carbocycles. The van der Waals surface area contributed by atoms with E-state index in [2.05, 4.69) is 0 Å². The minimum atomic E-state index is -0.397. The van der Waals surface area contributed by atoms with Crippen LogP contribution in [0.1, 0.15) is 39.0 Å². The second kappa shape index (κ2) is 3.59. The van der Waals surface area contributed by atoms with Crippen molar-refractivity contribution < 1.29 is 14.8 Å². The number of carbonyl (C=O) groups is 2. The maximum absolute atomic E-state index is 11.5. The van der Waals surface area contributed by atoms with Crippen molar-refractivity contribution in [3.63, 3.8) is 0 Å². The lowest BCUT2D eigenvalue weighted by atomic mass is 9.70. The Morgan fingerprint density at radius 1 is 1.27 bits per heavy atom. The average Bonchev–Trinajstić information content (AvgIpc) is 2.96. The van der Waals surface area contributed by atoms with E-state index in [1.807, 2.05) is 0 Å². The van der Waals surface area contributed by atoms with Gasteiger partial charge in [-0.25, -0.2) is 5.48 Å². The normalized spacial score (nSPS) is 32.4. The summed E-state index contributed by atoms with van der Waals surface area (Å²) in [5.41, 5.74) is 2.04. The zero-order valence-corrected chi connectivity index (χ0v) is 8.95. The molecule has 2 atom stereocenters. The van der Waals surface area contributed by atoms with Crippen molar-refractivity contribution in [1.29, 1.82) is 0 Å². The Hall–Kier alpha value is -0.900. The third-order valence-corrected chi connectivity index (χ3v) is 4.05. The van der Waals surface area contributed by atoms with Crippen LogP contribution in [-0.2, 0) is 9.59 Å². The molecule has 0 heterocycles. The molecule has 0 bridgehead atoms. The van der Waals surface area contributed by atoms with Crippen molar-refractivity contribution in [3.8, 4) is 0 Å². The molecule has 2 unspecified atom stereocenters. The fourth-order valence-electron chi connectivity index (χ4n) is 2.83. The predicted octanol–water partition coefficient (Wildman–Crippen LogP) is 1.28. The maximum atomic E-state index is 11.5. The van der Waals surface area contributed by atoms with Gasteiger partial charge >= 0.3 is 0 Å². The molecule has 2 rings (SSSR count). The van der Waals surface area contributed by atoms with Crippen molar-refractivity contribution in [2.75, 3.05) is 0 Å². The quantitative estimate of drug-likeness (QED) is 0.534. The molecule has 0 aromatic carbocycles. The number of Topliss-reactive ketones (excluding diaryl/α,β-unsaturated/α-hetero) is 1. The van der Waals surface area contributed by atoms with Crippen LogP contribution >= 0.6 is 0 Å². The molecule has 2 fully saturated rings. The Balaban J connectivity index is 2.10. The van der Waals surface area contributed by atoms with Crippen LogP contribution in [0.3, 0.4) is 0 Å². The van der Waals surface area contributed by atoms with Crippen molar-refractivity contribution in [1.82, 2.24) is 5.48 Å². The molecule has 15 heavy (non-hydrogen) atoms. The fourth-order valence-corrected chi connectivity index (χ4v) is 2.83. The van der Waals surface area contributed by atoms with Gasteiger partial charge in [-0.1, -0.05) is 0 Å². The molecule has 0 radical (unpaired) electrons. The topological polar surface area (TPSA) is 66.4 Å². The number of hydrogen-bond donors (Lipinski definition) is 2. The van der Waals surface area contributed by atoms with E-state index in [1.165, 1.54) is 12.8 Å². The predicted molar refractivity (Wildman–Crippen MR) is 53.1 cm³/mol. The number of carbonyl (C=O) groups excluding carboxylic acids is 2. The molecule has 1 spiro atoms. The van der Waals surface area contributed by atoms with Crippen LogP contribution in [0.2, 0.25) is 0 Å². The van der Waals surface area contributed by atoms with E-state index < -0.39 is 5.91 Å². The molecule has 2 N–H and O–H groups in total. The SMILES string of the molecule is CC(=O)C1CC2(CCC1C(=O)NO)CC2. The molecule has 0 aromatic rings. The van der Waals surface area contributed by atoms with Crippen LogP contribution < -0.4 is 5.48 Å². The first-order chi connectivity index (χ1) is 7.08. The minimum absolute atomic E-state index is 0.0783. The van der Waals surface area contributed by atoms with Crippen LogP contribution in [0.5, 0.6) is 0 Å². The van der Waals surface area contributed by atoms with Gasteiger partial charge in [0.25, 0.3) is 0 Å². The minimum Gasteiger partial charge on any atom is -0.300 e. The van der Waals surface area contributed by atoms with Crippen LogP contribution in [0.4, 0.5) is 0 Å². The summed E-state index contributed by atoms with van der Waals surface area (Å²) in [6.07, 6.45) is 4.99. The molecule has 1 amide bonds. The van der Waals surface area contributed by atoms with Gasteiger partial charge < -0.3 is 0 Å². The number of ketones is 1. The summed E-state index contributed by atoms with van der Waals surface area (Å²) in [5.74, 6) is -0.826. The van der Waals surface area contributed by atoms with E-state index in [4.69, 9.17) is 5.21 Å². The van der Waals surface area contributed by atoms with E-state index in [-0.39, 0.29) is 17.6 Å². The number of nitrogens with one attached hydrogen (secondary N) is 1. The van der Waals surface area contributed by atoms with Gasteiger partial charge in [-0.05, 0) is 44.4 Å². The van der Waals surface area contributed by atoms with Crippen LogP contribution in [0.15, 0.2) is 0 Å². The summed E-state index contributed by atoms with van der Waals surface area (Å²) in [4.78, 5) is 22.9. The second-order valence-electron chi connectivity index (χ2n) is 5.04. The Morgan fingerprint density at radius 2 is 1.93 bits per heavy atom. The van der Waals surface area contributed by atoms with Gasteiger partial charge in [0.05, 0.1) is 0 Å². The molecule has 0 aromatic heterocycles. The molecule has 4 nitrogen and oxygen atoms in total. The average molecular weight is 211 g/mol. The second-order valence-corrected chi connectivity index (χ2v) is 5.04. The molecule has 2 aliphatic rings. The van der Waals surface area contributed by atoms with Crippen LogP contribution in [0, 0.1) is 17.3 Å². The fraction of sp³-hybridized carbons (Fsp3) is 0.818. The highest BCUT2D eigenvalue weighted by molar-refractivity contribution is 5.87. The monoisotopic (exact) mass is 211 g/mol. The summed E-state index contributed by atoms with van der Waals surface area (Å²) in [6.45, 7) is 1.55. The third-order valence-electron chi connectivity index (χ3n) is 4.05. The highest BCUT2D eigenvalue weighted by Gasteiger charge is 2.51. The van der Waals surface area contributed by atoms with Gasteiger partial charge in [0, 0.05) is 11.8 Å². The van der Waals surface area contributed by atoms with Gasteiger partial charge in [0.1, 0.15) is 5.78 Å². The molecule has 84 valence electrons. The van der Waals surface area contributed by atoms with Crippen LogP contribution in [-0.4, -0.2) is 16.9 Å². The summed E-state index contributed by atoms with van der Waals surface area (Å²) in [5, 5.41) is 8.62. The zero-order chi connectivity index (χ0) is 11.1. The summed E-state index contributed by atoms with van der Waals surface area (Å²) in [6, 6.07) is 0. The third kappa shape index (κ3) is 1.91. The lowest BCUT2D eigenvalue weighted by Gasteiger charge is -2.33. The molecular formula is C11H17NO3. The smallest absolute Gasteiger partial charge is 0.247 e. The largest absolute Gasteiger partial charge is 0.300 e. The van der Waals surface area contributed by atoms with Gasteiger partial charge in [-0.15, -0.1) is 0 Å². The highest BCUT2D eigenvalue weighted by Crippen LogP contribution is 2.58. The summed E-state index contributed by atoms with van der Waals surface area (Å²) >= 11 is 0. The molecular weight excluding hydrogens is 194 g/mol. The standard InChI is InChI=1S/C11H17NO3/c1-7(13)9-6-11(4-5-11)3-2-8(9)10(14)12-15/h8-9,15H,2-6H2,1H3,(H,12,14). The van der Waals surface area contributed by atoms with Crippen molar-refractivity contribution in [3.05, 3.63) is 0 Å². The summed E-state index contributed by atoms with van der Waals surface area (Å²) in [7, 11) is 0. The first-order valence-corrected chi connectivity index (χ1v) is 5.52. The first-order valence-electron chi connectivity index (χ1n) is 5.52. The molecule has 0 saturated heterocycles. The number of amides is 1. The maximum Gasteiger partial charge on any atom is 0.247 e. The lowest BCUT2D eigenvalue weighted by molar-refractivity contribution is -0.141. The van der Waals surface area contributed by atoms with E-state index in [1.54, 1.807) is 12.4 Å². The number of hydroxylamine groups is 1. The van der Waals surface area contributed by atoms with Gasteiger partial charge in [0.2, 0.25) is 5.91 Å². The number of hydrogen-bond acceptors (Lipinski definition) is 3. The Morgan fingerprint density at radius 3 is 2.40 bits per heavy atom. The lowest BCUT2D eigenvalue weighted by Crippen LogP contribution is -2.40. The van der Waals surface area contributed by atoms with Crippen molar-refractivity contribution >= 4 is 11.7 Å². The zero-order valence-electron chi connectivity index (χ0n) is 8.95. The van der Waals surface area contributed by atoms with Crippen molar-refractivity contribution in [2.45, 2.75) is 39.0 Å².